The summed E-state index contributed by atoms with van der Waals surface area (Å²) in [5, 5.41) is 9.04. The second-order valence-corrected chi connectivity index (χ2v) is 10.4. The van der Waals surface area contributed by atoms with Crippen LogP contribution in [0.4, 0.5) is 0 Å². The topological polar surface area (TPSA) is 103 Å². The molecule has 1 atom stereocenters. The maximum atomic E-state index is 14.0. The van der Waals surface area contributed by atoms with Crippen molar-refractivity contribution in [3.05, 3.63) is 126 Å². The van der Waals surface area contributed by atoms with Crippen molar-refractivity contribution in [1.29, 1.82) is 5.26 Å². The zero-order valence-electron chi connectivity index (χ0n) is 23.5. The number of thiazole rings is 1. The predicted molar refractivity (Wildman–Crippen MR) is 160 cm³/mol. The molecule has 0 saturated heterocycles. The lowest BCUT2D eigenvalue weighted by molar-refractivity contribution is -0.139. The van der Waals surface area contributed by atoms with Crippen LogP contribution >= 0.6 is 11.3 Å². The molecule has 5 rings (SSSR count). The summed E-state index contributed by atoms with van der Waals surface area (Å²) in [5.41, 5.74) is 3.54. The highest BCUT2D eigenvalue weighted by Gasteiger charge is 2.33. The molecule has 1 aliphatic rings. The Morgan fingerprint density at radius 1 is 1.02 bits per heavy atom. The molecule has 1 aliphatic heterocycles. The van der Waals surface area contributed by atoms with Gasteiger partial charge in [-0.1, -0.05) is 53.8 Å². The molecule has 0 amide bonds. The van der Waals surface area contributed by atoms with E-state index in [-0.39, 0.29) is 12.2 Å². The maximum absolute atomic E-state index is 14.0. The van der Waals surface area contributed by atoms with E-state index in [9.17, 15) is 9.59 Å². The van der Waals surface area contributed by atoms with E-state index >= 15 is 0 Å². The lowest BCUT2D eigenvalue weighted by Gasteiger charge is -2.24. The number of benzene rings is 3. The molecule has 0 N–H and O–H groups in total. The minimum atomic E-state index is -0.707. The summed E-state index contributed by atoms with van der Waals surface area (Å²) in [6.07, 6.45) is 1.79. The first-order valence-electron chi connectivity index (χ1n) is 13.6. The SMILES string of the molecule is CCOC(=O)C1=C(C)N=c2s/c(=C\c3ccccc3OCc3ccc(C#N)cc3)c(=O)n2[C@H]1c1ccc(OCC)cc1. The van der Waals surface area contributed by atoms with Gasteiger partial charge in [-0.3, -0.25) is 9.36 Å². The number of hydrogen-bond acceptors (Lipinski definition) is 8. The van der Waals surface area contributed by atoms with Crippen LogP contribution in [0.2, 0.25) is 0 Å². The molecule has 4 aromatic rings. The molecule has 1 aromatic heterocycles. The molecule has 0 radical (unpaired) electrons. The third-order valence-corrected chi connectivity index (χ3v) is 7.69. The van der Waals surface area contributed by atoms with Crippen molar-refractivity contribution in [3.63, 3.8) is 0 Å². The lowest BCUT2D eigenvalue weighted by atomic mass is 9.96. The Bertz CT molecular complexity index is 1860. The van der Waals surface area contributed by atoms with Crippen LogP contribution < -0.4 is 24.4 Å². The third-order valence-electron chi connectivity index (χ3n) is 6.71. The Morgan fingerprint density at radius 3 is 2.45 bits per heavy atom. The van der Waals surface area contributed by atoms with E-state index < -0.39 is 12.0 Å². The van der Waals surface area contributed by atoms with Gasteiger partial charge in [0.15, 0.2) is 4.80 Å². The Morgan fingerprint density at radius 2 is 1.76 bits per heavy atom. The highest BCUT2D eigenvalue weighted by Crippen LogP contribution is 2.31. The Balaban J connectivity index is 1.56. The second-order valence-electron chi connectivity index (χ2n) is 9.44. The molecule has 3 aromatic carbocycles. The van der Waals surface area contributed by atoms with Crippen molar-refractivity contribution in [1.82, 2.24) is 4.57 Å². The monoisotopic (exact) mass is 579 g/mol. The molecular formula is C33H29N3O5S. The van der Waals surface area contributed by atoms with Gasteiger partial charge in [-0.25, -0.2) is 9.79 Å². The van der Waals surface area contributed by atoms with E-state index in [1.165, 1.54) is 11.3 Å². The molecule has 0 spiro atoms. The van der Waals surface area contributed by atoms with Crippen LogP contribution in [-0.2, 0) is 16.1 Å². The predicted octanol–water partition coefficient (Wildman–Crippen LogP) is 4.65. The van der Waals surface area contributed by atoms with Crippen LogP contribution in [0.5, 0.6) is 11.5 Å². The lowest BCUT2D eigenvalue weighted by Crippen LogP contribution is -2.39. The van der Waals surface area contributed by atoms with Gasteiger partial charge in [0.1, 0.15) is 18.1 Å². The molecule has 42 heavy (non-hydrogen) atoms. The summed E-state index contributed by atoms with van der Waals surface area (Å²) in [4.78, 5) is 32.2. The fourth-order valence-corrected chi connectivity index (χ4v) is 5.77. The van der Waals surface area contributed by atoms with Gasteiger partial charge in [0.2, 0.25) is 0 Å². The number of carbonyl (C=O) groups is 1. The number of ether oxygens (including phenoxy) is 3. The first-order chi connectivity index (χ1) is 20.4. The van der Waals surface area contributed by atoms with Crippen LogP contribution in [-0.4, -0.2) is 23.8 Å². The molecule has 0 saturated carbocycles. The summed E-state index contributed by atoms with van der Waals surface area (Å²) in [7, 11) is 0. The van der Waals surface area contributed by atoms with Gasteiger partial charge < -0.3 is 14.2 Å². The third kappa shape index (κ3) is 5.90. The number of allylic oxidation sites excluding steroid dienone is 1. The average molecular weight is 580 g/mol. The maximum Gasteiger partial charge on any atom is 0.338 e. The number of carbonyl (C=O) groups excluding carboxylic acids is 1. The number of fused-ring (bicyclic) bond motifs is 1. The van der Waals surface area contributed by atoms with Gasteiger partial charge >= 0.3 is 5.97 Å². The van der Waals surface area contributed by atoms with Gasteiger partial charge in [0.25, 0.3) is 5.56 Å². The van der Waals surface area contributed by atoms with Crippen molar-refractivity contribution in [2.75, 3.05) is 13.2 Å². The smallest absolute Gasteiger partial charge is 0.338 e. The van der Waals surface area contributed by atoms with Crippen molar-refractivity contribution in [2.45, 2.75) is 33.4 Å². The van der Waals surface area contributed by atoms with Crippen molar-refractivity contribution in [2.24, 2.45) is 4.99 Å². The Labute approximate surface area is 247 Å². The molecule has 8 nitrogen and oxygen atoms in total. The van der Waals surface area contributed by atoms with E-state index in [0.29, 0.717) is 50.9 Å². The fraction of sp³-hybridized carbons (Fsp3) is 0.212. The molecule has 0 fully saturated rings. The summed E-state index contributed by atoms with van der Waals surface area (Å²) in [6, 6.07) is 23.4. The van der Waals surface area contributed by atoms with Crippen molar-refractivity contribution < 1.29 is 19.0 Å². The van der Waals surface area contributed by atoms with E-state index in [0.717, 1.165) is 16.7 Å². The van der Waals surface area contributed by atoms with Gasteiger partial charge in [0.05, 0.1) is 46.7 Å². The first kappa shape index (κ1) is 28.6. The minimum Gasteiger partial charge on any atom is -0.494 e. The molecule has 0 bridgehead atoms. The normalized spacial score (nSPS) is 14.5. The number of hydrogen-bond donors (Lipinski definition) is 0. The summed E-state index contributed by atoms with van der Waals surface area (Å²) >= 11 is 1.26. The fourth-order valence-electron chi connectivity index (χ4n) is 4.73. The molecule has 2 heterocycles. The van der Waals surface area contributed by atoms with Crippen LogP contribution in [0, 0.1) is 11.3 Å². The molecule has 212 valence electrons. The van der Waals surface area contributed by atoms with Crippen LogP contribution in [0.15, 0.2) is 93.9 Å². The Kier molecular flexibility index (Phi) is 8.65. The van der Waals surface area contributed by atoms with Gasteiger partial charge in [-0.05, 0) is 68.3 Å². The minimum absolute atomic E-state index is 0.204. The number of esters is 1. The van der Waals surface area contributed by atoms with E-state index in [1.54, 1.807) is 36.6 Å². The zero-order valence-corrected chi connectivity index (χ0v) is 24.3. The number of rotatable bonds is 9. The summed E-state index contributed by atoms with van der Waals surface area (Å²) in [5.74, 6) is 0.803. The Hall–Kier alpha value is -4.94. The quantitative estimate of drug-likeness (QED) is 0.268. The number of aromatic nitrogens is 1. The number of nitriles is 1. The largest absolute Gasteiger partial charge is 0.494 e. The highest BCUT2D eigenvalue weighted by atomic mass is 32.1. The van der Waals surface area contributed by atoms with E-state index in [4.69, 9.17) is 19.5 Å². The second kappa shape index (κ2) is 12.7. The molecule has 0 unspecified atom stereocenters. The summed E-state index contributed by atoms with van der Waals surface area (Å²) in [6.45, 7) is 6.45. The average Bonchev–Trinajstić information content (AvgIpc) is 3.30. The number of nitrogens with zero attached hydrogens (tertiary/aromatic N) is 3. The van der Waals surface area contributed by atoms with Gasteiger partial charge in [0, 0.05) is 5.56 Å². The molecule has 9 heteroatoms. The van der Waals surface area contributed by atoms with Crippen LogP contribution in [0.1, 0.15) is 49.1 Å². The zero-order chi connectivity index (χ0) is 29.6. The van der Waals surface area contributed by atoms with Gasteiger partial charge in [-0.2, -0.15) is 5.26 Å². The standard InChI is InChI=1S/C33H29N3O5S/c1-4-39-26-16-14-24(15-17-26)30-29(32(38)40-5-2)21(3)35-33-36(30)31(37)28(42-33)18-25-8-6-7-9-27(25)41-20-23-12-10-22(19-34)11-13-23/h6-18,30H,4-5,20H2,1-3H3/b28-18-/t30-/m0/s1. The first-order valence-corrected chi connectivity index (χ1v) is 14.4. The number of para-hydroxylation sites is 1. The van der Waals surface area contributed by atoms with Crippen LogP contribution in [0.3, 0.4) is 0 Å². The molecule has 0 aliphatic carbocycles. The van der Waals surface area contributed by atoms with E-state index in [1.807, 2.05) is 67.6 Å². The van der Waals surface area contributed by atoms with Crippen LogP contribution in [0.25, 0.3) is 6.08 Å². The highest BCUT2D eigenvalue weighted by molar-refractivity contribution is 7.07. The van der Waals surface area contributed by atoms with Crippen molar-refractivity contribution >= 4 is 23.4 Å². The van der Waals surface area contributed by atoms with E-state index in [2.05, 4.69) is 11.1 Å². The molecular weight excluding hydrogens is 550 g/mol. The van der Waals surface area contributed by atoms with Crippen molar-refractivity contribution in [3.8, 4) is 17.6 Å². The van der Waals surface area contributed by atoms with Gasteiger partial charge in [-0.15, -0.1) is 0 Å². The summed E-state index contributed by atoms with van der Waals surface area (Å²) < 4.78 is 19.1.